The van der Waals surface area contributed by atoms with Crippen LogP contribution in [0.2, 0.25) is 0 Å². The van der Waals surface area contributed by atoms with Gasteiger partial charge in [0, 0.05) is 12.1 Å². The summed E-state index contributed by atoms with van der Waals surface area (Å²) in [4.78, 5) is 0. The van der Waals surface area contributed by atoms with Crippen LogP contribution in [0.25, 0.3) is 11.1 Å². The van der Waals surface area contributed by atoms with Crippen LogP contribution in [-0.2, 0) is 0 Å². The molecule has 0 unspecified atom stereocenters. The fraction of sp³-hybridized carbons (Fsp3) is 0.250. The van der Waals surface area contributed by atoms with Gasteiger partial charge in [-0.1, -0.05) is 24.3 Å². The van der Waals surface area contributed by atoms with Crippen molar-refractivity contribution in [2.24, 2.45) is 5.73 Å². The van der Waals surface area contributed by atoms with Crippen molar-refractivity contribution in [3.05, 3.63) is 42.5 Å². The van der Waals surface area contributed by atoms with E-state index in [1.807, 2.05) is 42.5 Å². The molecule has 2 rings (SSSR count). The Hall–Kier alpha value is -2.20. The van der Waals surface area contributed by atoms with Crippen molar-refractivity contribution in [1.82, 2.24) is 0 Å². The van der Waals surface area contributed by atoms with Gasteiger partial charge in [-0.05, 0) is 18.2 Å². The lowest BCUT2D eigenvalue weighted by molar-refractivity contribution is 0.329. The maximum Gasteiger partial charge on any atom is 0.130 e. The van der Waals surface area contributed by atoms with E-state index in [2.05, 4.69) is 0 Å². The van der Waals surface area contributed by atoms with Gasteiger partial charge in [-0.15, -0.1) is 0 Å². The number of nitrogens with two attached hydrogens (primary N) is 1. The molecule has 4 nitrogen and oxygen atoms in total. The highest BCUT2D eigenvalue weighted by Crippen LogP contribution is 2.42. The van der Waals surface area contributed by atoms with E-state index in [9.17, 15) is 0 Å². The number of benzene rings is 2. The summed E-state index contributed by atoms with van der Waals surface area (Å²) in [5.74, 6) is 2.25. The summed E-state index contributed by atoms with van der Waals surface area (Å²) in [5.41, 5.74) is 7.31. The maximum atomic E-state index is 5.70. The van der Waals surface area contributed by atoms with Gasteiger partial charge < -0.3 is 19.9 Å². The first kappa shape index (κ1) is 14.2. The molecule has 2 aromatic carbocycles. The highest BCUT2D eigenvalue weighted by molar-refractivity contribution is 5.81. The van der Waals surface area contributed by atoms with Crippen LogP contribution in [0.15, 0.2) is 42.5 Å². The third-order valence-corrected chi connectivity index (χ3v) is 2.96. The Kier molecular flexibility index (Phi) is 4.85. The Bertz CT molecular complexity index is 547. The molecule has 0 aliphatic heterocycles. The molecular weight excluding hydrogens is 254 g/mol. The molecule has 0 aliphatic carbocycles. The monoisotopic (exact) mass is 273 g/mol. The number of ether oxygens (including phenoxy) is 3. The first-order valence-corrected chi connectivity index (χ1v) is 6.45. The minimum atomic E-state index is 0.467. The molecule has 0 atom stereocenters. The second-order valence-electron chi connectivity index (χ2n) is 4.17. The van der Waals surface area contributed by atoms with E-state index in [-0.39, 0.29) is 0 Å². The van der Waals surface area contributed by atoms with Crippen LogP contribution >= 0.6 is 0 Å². The molecule has 106 valence electrons. The number of hydrogen-bond donors (Lipinski definition) is 1. The van der Waals surface area contributed by atoms with Gasteiger partial charge in [-0.2, -0.15) is 0 Å². The lowest BCUT2D eigenvalue weighted by Crippen LogP contribution is -2.11. The molecule has 0 aromatic heterocycles. The van der Waals surface area contributed by atoms with Crippen LogP contribution < -0.4 is 19.9 Å². The molecule has 0 amide bonds. The zero-order valence-corrected chi connectivity index (χ0v) is 11.8. The van der Waals surface area contributed by atoms with Gasteiger partial charge >= 0.3 is 0 Å². The topological polar surface area (TPSA) is 53.7 Å². The Morgan fingerprint density at radius 1 is 0.850 bits per heavy atom. The molecule has 0 saturated carbocycles. The lowest BCUT2D eigenvalue weighted by atomic mass is 10.0. The molecule has 0 aliphatic rings. The highest BCUT2D eigenvalue weighted by atomic mass is 16.5. The van der Waals surface area contributed by atoms with Crippen molar-refractivity contribution in [3.8, 4) is 28.4 Å². The summed E-state index contributed by atoms with van der Waals surface area (Å²) in [6.07, 6.45) is 0. The Balaban J connectivity index is 2.55. The number of rotatable bonds is 6. The van der Waals surface area contributed by atoms with Gasteiger partial charge in [-0.25, -0.2) is 0 Å². The molecule has 0 heterocycles. The number of para-hydroxylation sites is 1. The average Bonchev–Trinajstić information content (AvgIpc) is 2.52. The Morgan fingerprint density at radius 3 is 2.05 bits per heavy atom. The maximum absolute atomic E-state index is 5.70. The van der Waals surface area contributed by atoms with Gasteiger partial charge in [0.1, 0.15) is 23.9 Å². The van der Waals surface area contributed by atoms with E-state index >= 15 is 0 Å². The Morgan fingerprint density at radius 2 is 1.45 bits per heavy atom. The van der Waals surface area contributed by atoms with E-state index in [1.54, 1.807) is 14.2 Å². The third kappa shape index (κ3) is 2.86. The first-order chi connectivity index (χ1) is 9.81. The van der Waals surface area contributed by atoms with E-state index in [0.29, 0.717) is 13.2 Å². The molecule has 2 N–H and O–H groups in total. The van der Waals surface area contributed by atoms with Gasteiger partial charge in [-0.3, -0.25) is 0 Å². The van der Waals surface area contributed by atoms with Gasteiger partial charge in [0.2, 0.25) is 0 Å². The summed E-state index contributed by atoms with van der Waals surface area (Å²) in [5, 5.41) is 0. The van der Waals surface area contributed by atoms with E-state index in [0.717, 1.165) is 28.4 Å². The fourth-order valence-corrected chi connectivity index (χ4v) is 2.08. The summed E-state index contributed by atoms with van der Waals surface area (Å²) in [7, 11) is 3.28. The largest absolute Gasteiger partial charge is 0.496 e. The summed E-state index contributed by atoms with van der Waals surface area (Å²) < 4.78 is 16.6. The van der Waals surface area contributed by atoms with Crippen molar-refractivity contribution in [2.75, 3.05) is 27.4 Å². The van der Waals surface area contributed by atoms with Crippen LogP contribution in [0, 0.1) is 0 Å². The van der Waals surface area contributed by atoms with Crippen molar-refractivity contribution in [2.45, 2.75) is 0 Å². The number of hydrogen-bond acceptors (Lipinski definition) is 4. The lowest BCUT2D eigenvalue weighted by Gasteiger charge is -2.16. The van der Waals surface area contributed by atoms with E-state index < -0.39 is 0 Å². The second-order valence-corrected chi connectivity index (χ2v) is 4.17. The van der Waals surface area contributed by atoms with Gasteiger partial charge in [0.05, 0.1) is 19.8 Å². The van der Waals surface area contributed by atoms with Crippen molar-refractivity contribution in [1.29, 1.82) is 0 Å². The predicted molar refractivity (Wildman–Crippen MR) is 79.5 cm³/mol. The summed E-state index contributed by atoms with van der Waals surface area (Å²) >= 11 is 0. The highest BCUT2D eigenvalue weighted by Gasteiger charge is 2.16. The first-order valence-electron chi connectivity index (χ1n) is 6.45. The quantitative estimate of drug-likeness (QED) is 0.879. The smallest absolute Gasteiger partial charge is 0.130 e. The molecule has 0 bridgehead atoms. The minimum Gasteiger partial charge on any atom is -0.496 e. The van der Waals surface area contributed by atoms with Crippen LogP contribution in [0.4, 0.5) is 0 Å². The van der Waals surface area contributed by atoms with Crippen LogP contribution in [-0.4, -0.2) is 27.4 Å². The fourth-order valence-electron chi connectivity index (χ4n) is 2.08. The van der Waals surface area contributed by atoms with Crippen LogP contribution in [0.1, 0.15) is 0 Å². The van der Waals surface area contributed by atoms with E-state index in [1.165, 1.54) is 0 Å². The molecule has 0 fully saturated rings. The van der Waals surface area contributed by atoms with Crippen LogP contribution in [0.3, 0.4) is 0 Å². The minimum absolute atomic E-state index is 0.467. The molecule has 0 radical (unpaired) electrons. The molecule has 20 heavy (non-hydrogen) atoms. The zero-order valence-electron chi connectivity index (χ0n) is 11.8. The third-order valence-electron chi connectivity index (χ3n) is 2.96. The van der Waals surface area contributed by atoms with Gasteiger partial charge in [0.15, 0.2) is 0 Å². The number of methoxy groups -OCH3 is 2. The normalized spacial score (nSPS) is 10.2. The van der Waals surface area contributed by atoms with Crippen molar-refractivity contribution in [3.63, 3.8) is 0 Å². The SMILES string of the molecule is COc1cccc(OC)c1-c1ccccc1OCCN. The summed E-state index contributed by atoms with van der Waals surface area (Å²) in [6, 6.07) is 13.5. The molecular formula is C16H19NO3. The van der Waals surface area contributed by atoms with Gasteiger partial charge in [0.25, 0.3) is 0 Å². The zero-order chi connectivity index (χ0) is 14.4. The summed E-state index contributed by atoms with van der Waals surface area (Å²) in [6.45, 7) is 0.936. The Labute approximate surface area is 119 Å². The van der Waals surface area contributed by atoms with E-state index in [4.69, 9.17) is 19.9 Å². The predicted octanol–water partition coefficient (Wildman–Crippen LogP) is 2.71. The molecule has 2 aromatic rings. The van der Waals surface area contributed by atoms with Crippen molar-refractivity contribution >= 4 is 0 Å². The molecule has 4 heteroatoms. The standard InChI is InChI=1S/C16H19NO3/c1-18-14-8-5-9-15(19-2)16(14)12-6-3-4-7-13(12)20-11-10-17/h3-9H,10-11,17H2,1-2H3. The van der Waals surface area contributed by atoms with Crippen molar-refractivity contribution < 1.29 is 14.2 Å². The second kappa shape index (κ2) is 6.82. The average molecular weight is 273 g/mol. The van der Waals surface area contributed by atoms with Crippen LogP contribution in [0.5, 0.6) is 17.2 Å². The molecule has 0 spiro atoms. The molecule has 0 saturated heterocycles.